The largest absolute Gasteiger partial charge is 0.493 e. The van der Waals surface area contributed by atoms with Crippen molar-refractivity contribution in [1.29, 1.82) is 0 Å². The quantitative estimate of drug-likeness (QED) is 0.227. The first-order valence-electron chi connectivity index (χ1n) is 14.0. The summed E-state index contributed by atoms with van der Waals surface area (Å²) < 4.78 is 19.8. The van der Waals surface area contributed by atoms with Crippen LogP contribution >= 0.6 is 0 Å². The average molecular weight is 560 g/mol. The van der Waals surface area contributed by atoms with Crippen molar-refractivity contribution in [2.45, 2.75) is 64.3 Å². The van der Waals surface area contributed by atoms with Crippen molar-refractivity contribution in [2.24, 2.45) is 0 Å². The third kappa shape index (κ3) is 5.42. The Hall–Kier alpha value is -3.49. The number of carbonyl (C=O) groups excluding carboxylic acids is 1. The summed E-state index contributed by atoms with van der Waals surface area (Å²) in [5, 5.41) is 4.58. The Labute approximate surface area is 238 Å². The molecule has 7 nitrogen and oxygen atoms in total. The second kappa shape index (κ2) is 10.8. The molecule has 0 saturated carbocycles. The molecule has 0 saturated heterocycles. The second-order valence-corrected chi connectivity index (χ2v) is 17.0. The first-order valence-corrected chi connectivity index (χ1v) is 16.9. The van der Waals surface area contributed by atoms with Crippen molar-refractivity contribution in [3.05, 3.63) is 71.5 Å². The first-order chi connectivity index (χ1) is 19.0. The van der Waals surface area contributed by atoms with Gasteiger partial charge in [0.1, 0.15) is 0 Å². The van der Waals surface area contributed by atoms with Crippen LogP contribution in [0.25, 0.3) is 22.2 Å². The minimum Gasteiger partial charge on any atom is -0.493 e. The third-order valence-electron chi connectivity index (χ3n) is 8.59. The molecule has 0 radical (unpaired) electrons. The number of aromatic amines is 1. The maximum absolute atomic E-state index is 13.7. The number of hydrogen-bond donors (Lipinski definition) is 2. The minimum absolute atomic E-state index is 0.0842. The summed E-state index contributed by atoms with van der Waals surface area (Å²) in [5.41, 5.74) is 6.19. The predicted molar refractivity (Wildman–Crippen MR) is 163 cm³/mol. The molecular formula is C32H41N3O4Si. The van der Waals surface area contributed by atoms with Gasteiger partial charge >= 0.3 is 0 Å². The van der Waals surface area contributed by atoms with Crippen LogP contribution < -0.4 is 14.8 Å². The van der Waals surface area contributed by atoms with Crippen LogP contribution in [-0.2, 0) is 23.8 Å². The van der Waals surface area contributed by atoms with Crippen LogP contribution in [0.2, 0.25) is 18.1 Å². The number of carbonyl (C=O) groups is 1. The van der Waals surface area contributed by atoms with Crippen LogP contribution in [0.1, 0.15) is 42.3 Å². The Morgan fingerprint density at radius 3 is 2.55 bits per heavy atom. The van der Waals surface area contributed by atoms with Crippen molar-refractivity contribution < 1.29 is 18.7 Å². The molecule has 212 valence electrons. The molecule has 4 aromatic rings. The number of benzene rings is 2. The molecule has 1 aliphatic rings. The van der Waals surface area contributed by atoms with Gasteiger partial charge in [-0.3, -0.25) is 4.79 Å². The Bertz CT molecular complexity index is 1530. The summed E-state index contributed by atoms with van der Waals surface area (Å²) in [6, 6.07) is 14.1. The van der Waals surface area contributed by atoms with Crippen LogP contribution in [0.3, 0.4) is 0 Å². The monoisotopic (exact) mass is 559 g/mol. The van der Waals surface area contributed by atoms with E-state index in [2.05, 4.69) is 60.9 Å². The van der Waals surface area contributed by atoms with Crippen molar-refractivity contribution >= 4 is 25.1 Å². The first kappa shape index (κ1) is 28.1. The van der Waals surface area contributed by atoms with Gasteiger partial charge in [-0.05, 0) is 66.4 Å². The molecule has 2 aromatic carbocycles. The summed E-state index contributed by atoms with van der Waals surface area (Å²) in [6.07, 6.45) is 5.55. The number of amides is 1. The molecule has 1 atom stereocenters. The molecule has 3 heterocycles. The normalized spacial score (nSPS) is 14.0. The van der Waals surface area contributed by atoms with Crippen LogP contribution in [0, 0.1) is 0 Å². The van der Waals surface area contributed by atoms with Gasteiger partial charge < -0.3 is 28.8 Å². The predicted octanol–water partition coefficient (Wildman–Crippen LogP) is 6.57. The average Bonchev–Trinajstić information content (AvgIpc) is 3.55. The highest BCUT2D eigenvalue weighted by atomic mass is 28.4. The number of methoxy groups -OCH3 is 2. The molecule has 0 aliphatic carbocycles. The lowest BCUT2D eigenvalue weighted by molar-refractivity contribution is 0.0918. The molecule has 5 rings (SSSR count). The van der Waals surface area contributed by atoms with E-state index in [4.69, 9.17) is 13.9 Å². The highest BCUT2D eigenvalue weighted by molar-refractivity contribution is 6.74. The van der Waals surface area contributed by atoms with Crippen LogP contribution in [0.15, 0.2) is 54.9 Å². The number of H-pyrrole nitrogens is 1. The Morgan fingerprint density at radius 2 is 1.82 bits per heavy atom. The van der Waals surface area contributed by atoms with Gasteiger partial charge in [0, 0.05) is 41.1 Å². The smallest absolute Gasteiger partial charge is 0.253 e. The van der Waals surface area contributed by atoms with Crippen molar-refractivity contribution in [3.8, 4) is 22.8 Å². The fourth-order valence-electron chi connectivity index (χ4n) is 5.17. The van der Waals surface area contributed by atoms with Gasteiger partial charge in [-0.2, -0.15) is 0 Å². The highest BCUT2D eigenvalue weighted by Gasteiger charge is 2.38. The second-order valence-electron chi connectivity index (χ2n) is 12.2. The van der Waals surface area contributed by atoms with E-state index in [1.165, 1.54) is 16.5 Å². The van der Waals surface area contributed by atoms with E-state index in [0.29, 0.717) is 24.3 Å². The van der Waals surface area contributed by atoms with Crippen molar-refractivity contribution in [3.63, 3.8) is 0 Å². The Balaban J connectivity index is 1.41. The maximum Gasteiger partial charge on any atom is 0.253 e. The molecule has 40 heavy (non-hydrogen) atoms. The van der Waals surface area contributed by atoms with E-state index >= 15 is 0 Å². The summed E-state index contributed by atoms with van der Waals surface area (Å²) in [5.74, 6) is 1.32. The topological polar surface area (TPSA) is 77.5 Å². The van der Waals surface area contributed by atoms with E-state index in [-0.39, 0.29) is 17.0 Å². The highest BCUT2D eigenvalue weighted by Crippen LogP contribution is 2.39. The number of para-hydroxylation sites is 1. The molecule has 1 unspecified atom stereocenters. The number of fused-ring (bicyclic) bond motifs is 4. The third-order valence-corrected chi connectivity index (χ3v) is 13.1. The fraction of sp³-hybridized carbons (Fsp3) is 0.406. The standard InChI is InChI=1S/C32H41N3O4Si/c1-32(2,3)40(6,7)39-20-24(14-22-18-33-27-11-9-8-10-25(22)27)34-31(36)23-15-28-26-17-30(38-5)29(37-4)16-21(26)12-13-35(28)19-23/h8-11,15-19,24,33H,12-14,20H2,1-7H3,(H,34,36). The number of hydrogen-bond acceptors (Lipinski definition) is 4. The number of nitrogens with one attached hydrogen (secondary N) is 2. The van der Waals surface area contributed by atoms with E-state index in [1.807, 2.05) is 42.7 Å². The van der Waals surface area contributed by atoms with E-state index in [1.54, 1.807) is 14.2 Å². The number of rotatable bonds is 9. The summed E-state index contributed by atoms with van der Waals surface area (Å²) in [7, 11) is 1.29. The fourth-order valence-corrected chi connectivity index (χ4v) is 6.22. The number of nitrogens with zero attached hydrogens (tertiary/aromatic N) is 1. The van der Waals surface area contributed by atoms with Gasteiger partial charge in [-0.25, -0.2) is 0 Å². The van der Waals surface area contributed by atoms with Gasteiger partial charge in [0.25, 0.3) is 5.91 Å². The molecule has 8 heteroatoms. The van der Waals surface area contributed by atoms with Gasteiger partial charge in [-0.1, -0.05) is 39.0 Å². The lowest BCUT2D eigenvalue weighted by atomic mass is 9.97. The molecule has 1 aliphatic heterocycles. The van der Waals surface area contributed by atoms with E-state index in [0.717, 1.165) is 35.5 Å². The molecule has 0 bridgehead atoms. The van der Waals surface area contributed by atoms with Gasteiger partial charge in [0.15, 0.2) is 19.8 Å². The Morgan fingerprint density at radius 1 is 1.10 bits per heavy atom. The summed E-state index contributed by atoms with van der Waals surface area (Å²) >= 11 is 0. The zero-order chi connectivity index (χ0) is 28.7. The summed E-state index contributed by atoms with van der Waals surface area (Å²) in [4.78, 5) is 17.1. The summed E-state index contributed by atoms with van der Waals surface area (Å²) in [6.45, 7) is 12.5. The van der Waals surface area contributed by atoms with Crippen LogP contribution in [0.5, 0.6) is 11.5 Å². The molecular weight excluding hydrogens is 518 g/mol. The zero-order valence-corrected chi connectivity index (χ0v) is 25.7. The van der Waals surface area contributed by atoms with Gasteiger partial charge in [0.2, 0.25) is 0 Å². The Kier molecular flexibility index (Phi) is 7.59. The lowest BCUT2D eigenvalue weighted by Gasteiger charge is -2.37. The number of ether oxygens (including phenoxy) is 2. The molecule has 2 aromatic heterocycles. The van der Waals surface area contributed by atoms with E-state index in [9.17, 15) is 4.79 Å². The SMILES string of the molecule is COc1cc2c(cc1OC)-c1cc(C(=O)NC(CO[Si](C)(C)C(C)(C)C)Cc3c[nH]c4ccccc34)cn1CC2. The maximum atomic E-state index is 13.7. The van der Waals surface area contributed by atoms with Crippen LogP contribution in [0.4, 0.5) is 0 Å². The lowest BCUT2D eigenvalue weighted by Crippen LogP contribution is -2.47. The van der Waals surface area contributed by atoms with Crippen molar-refractivity contribution in [2.75, 3.05) is 20.8 Å². The van der Waals surface area contributed by atoms with E-state index < -0.39 is 8.32 Å². The van der Waals surface area contributed by atoms with Gasteiger partial charge in [-0.15, -0.1) is 0 Å². The number of aromatic nitrogens is 2. The number of aryl methyl sites for hydroxylation is 2. The molecule has 0 fully saturated rings. The van der Waals surface area contributed by atoms with Crippen LogP contribution in [-0.4, -0.2) is 50.6 Å². The molecule has 0 spiro atoms. The zero-order valence-electron chi connectivity index (χ0n) is 24.7. The van der Waals surface area contributed by atoms with Crippen molar-refractivity contribution in [1.82, 2.24) is 14.9 Å². The van der Waals surface area contributed by atoms with Gasteiger partial charge in [0.05, 0.1) is 32.4 Å². The minimum atomic E-state index is -2.00. The molecule has 2 N–H and O–H groups in total. The molecule has 1 amide bonds.